The maximum absolute atomic E-state index is 10.6. The van der Waals surface area contributed by atoms with Crippen LogP contribution in [0.3, 0.4) is 0 Å². The van der Waals surface area contributed by atoms with E-state index < -0.39 is 6.10 Å². The normalized spacial score (nSPS) is 15.6. The third kappa shape index (κ3) is 3.39. The Morgan fingerprint density at radius 2 is 1.95 bits per heavy atom. The lowest BCUT2D eigenvalue weighted by atomic mass is 10.0. The van der Waals surface area contributed by atoms with Crippen LogP contribution >= 0.6 is 15.9 Å². The van der Waals surface area contributed by atoms with Crippen LogP contribution in [0.5, 0.6) is 11.5 Å². The Morgan fingerprint density at radius 1 is 1.14 bits per heavy atom. The molecule has 1 fully saturated rings. The van der Waals surface area contributed by atoms with Crippen molar-refractivity contribution >= 4 is 15.9 Å². The van der Waals surface area contributed by atoms with Crippen molar-refractivity contribution in [3.8, 4) is 11.5 Å². The molecule has 0 saturated heterocycles. The number of aliphatic hydroxyl groups excluding tert-OH is 1. The molecule has 0 radical (unpaired) electrons. The minimum Gasteiger partial charge on any atom is -0.497 e. The highest BCUT2D eigenvalue weighted by Gasteiger charge is 2.24. The lowest BCUT2D eigenvalue weighted by Gasteiger charge is -2.15. The first-order chi connectivity index (χ1) is 10.2. The second-order valence-corrected chi connectivity index (χ2v) is 6.03. The standard InChI is InChI=1S/C17H17BrO3/c1-20-13-7-8-16(18)15(10-13)17(19)11-3-2-4-14(9-11)21-12-5-6-12/h2-4,7-10,12,17,19H,5-6H2,1H3. The molecule has 21 heavy (non-hydrogen) atoms. The fraction of sp³-hybridized carbons (Fsp3) is 0.294. The second-order valence-electron chi connectivity index (χ2n) is 5.18. The summed E-state index contributed by atoms with van der Waals surface area (Å²) in [6.07, 6.45) is 1.86. The van der Waals surface area contributed by atoms with Gasteiger partial charge in [0.2, 0.25) is 0 Å². The van der Waals surface area contributed by atoms with Crippen LogP contribution in [0.15, 0.2) is 46.9 Å². The fourth-order valence-electron chi connectivity index (χ4n) is 2.17. The van der Waals surface area contributed by atoms with E-state index in [2.05, 4.69) is 15.9 Å². The fourth-order valence-corrected chi connectivity index (χ4v) is 2.64. The molecular weight excluding hydrogens is 332 g/mol. The molecule has 0 aliphatic heterocycles. The zero-order valence-electron chi connectivity index (χ0n) is 11.8. The number of benzene rings is 2. The lowest BCUT2D eigenvalue weighted by Crippen LogP contribution is -2.03. The average molecular weight is 349 g/mol. The Labute approximate surface area is 132 Å². The molecule has 2 aromatic carbocycles. The van der Waals surface area contributed by atoms with E-state index in [1.54, 1.807) is 7.11 Å². The van der Waals surface area contributed by atoms with Crippen molar-refractivity contribution in [1.29, 1.82) is 0 Å². The third-order valence-corrected chi connectivity index (χ3v) is 4.22. The first-order valence-corrected chi connectivity index (χ1v) is 7.75. The highest BCUT2D eigenvalue weighted by molar-refractivity contribution is 9.10. The first kappa shape index (κ1) is 14.4. The van der Waals surface area contributed by atoms with Gasteiger partial charge >= 0.3 is 0 Å². The molecule has 2 aromatic rings. The quantitative estimate of drug-likeness (QED) is 0.884. The summed E-state index contributed by atoms with van der Waals surface area (Å²) in [5.41, 5.74) is 1.58. The molecule has 1 saturated carbocycles. The van der Waals surface area contributed by atoms with E-state index in [-0.39, 0.29) is 0 Å². The highest BCUT2D eigenvalue weighted by atomic mass is 79.9. The summed E-state index contributed by atoms with van der Waals surface area (Å²) in [6, 6.07) is 13.2. The van der Waals surface area contributed by atoms with Crippen molar-refractivity contribution < 1.29 is 14.6 Å². The molecule has 1 atom stereocenters. The predicted octanol–water partition coefficient (Wildman–Crippen LogP) is 4.08. The summed E-state index contributed by atoms with van der Waals surface area (Å²) in [5.74, 6) is 1.53. The summed E-state index contributed by atoms with van der Waals surface area (Å²) in [5, 5.41) is 10.6. The summed E-state index contributed by atoms with van der Waals surface area (Å²) in [7, 11) is 1.61. The smallest absolute Gasteiger partial charge is 0.120 e. The number of aliphatic hydroxyl groups is 1. The van der Waals surface area contributed by atoms with Gasteiger partial charge in [0.25, 0.3) is 0 Å². The summed E-state index contributed by atoms with van der Waals surface area (Å²) < 4.78 is 11.9. The second kappa shape index (κ2) is 6.08. The zero-order valence-corrected chi connectivity index (χ0v) is 13.3. The SMILES string of the molecule is COc1ccc(Br)c(C(O)c2cccc(OC3CC3)c2)c1. The topological polar surface area (TPSA) is 38.7 Å². The van der Waals surface area contributed by atoms with Crippen LogP contribution in [0, 0.1) is 0 Å². The molecule has 1 N–H and O–H groups in total. The zero-order chi connectivity index (χ0) is 14.8. The van der Waals surface area contributed by atoms with Gasteiger partial charge in [0, 0.05) is 10.0 Å². The number of hydrogen-bond acceptors (Lipinski definition) is 3. The van der Waals surface area contributed by atoms with Gasteiger partial charge in [-0.25, -0.2) is 0 Å². The molecule has 1 aliphatic rings. The van der Waals surface area contributed by atoms with E-state index in [9.17, 15) is 5.11 Å². The van der Waals surface area contributed by atoms with Crippen molar-refractivity contribution in [3.63, 3.8) is 0 Å². The first-order valence-electron chi connectivity index (χ1n) is 6.95. The van der Waals surface area contributed by atoms with E-state index in [1.807, 2.05) is 42.5 Å². The molecule has 0 aromatic heterocycles. The maximum Gasteiger partial charge on any atom is 0.120 e. The van der Waals surface area contributed by atoms with Crippen molar-refractivity contribution in [2.75, 3.05) is 7.11 Å². The van der Waals surface area contributed by atoms with Gasteiger partial charge in [0.05, 0.1) is 13.2 Å². The molecule has 3 nitrogen and oxygen atoms in total. The molecule has 0 heterocycles. The maximum atomic E-state index is 10.6. The van der Waals surface area contributed by atoms with Crippen molar-refractivity contribution in [2.24, 2.45) is 0 Å². The number of ether oxygens (including phenoxy) is 2. The number of methoxy groups -OCH3 is 1. The molecule has 110 valence electrons. The van der Waals surface area contributed by atoms with Gasteiger partial charge in [-0.2, -0.15) is 0 Å². The van der Waals surface area contributed by atoms with Gasteiger partial charge < -0.3 is 14.6 Å². The van der Waals surface area contributed by atoms with Gasteiger partial charge in [-0.3, -0.25) is 0 Å². The monoisotopic (exact) mass is 348 g/mol. The lowest BCUT2D eigenvalue weighted by molar-refractivity contribution is 0.218. The number of halogens is 1. The van der Waals surface area contributed by atoms with E-state index in [0.29, 0.717) is 6.10 Å². The van der Waals surface area contributed by atoms with E-state index in [1.165, 1.54) is 0 Å². The van der Waals surface area contributed by atoms with Gasteiger partial charge in [-0.1, -0.05) is 28.1 Å². The minimum absolute atomic E-state index is 0.348. The van der Waals surface area contributed by atoms with Crippen LogP contribution in [-0.2, 0) is 0 Å². The van der Waals surface area contributed by atoms with Gasteiger partial charge in [-0.15, -0.1) is 0 Å². The molecule has 0 amide bonds. The van der Waals surface area contributed by atoms with E-state index in [4.69, 9.17) is 9.47 Å². The van der Waals surface area contributed by atoms with Crippen LogP contribution in [-0.4, -0.2) is 18.3 Å². The Balaban J connectivity index is 1.88. The molecule has 4 heteroatoms. The summed E-state index contributed by atoms with van der Waals surface area (Å²) in [4.78, 5) is 0. The molecule has 0 spiro atoms. The van der Waals surface area contributed by atoms with E-state index >= 15 is 0 Å². The minimum atomic E-state index is -0.725. The largest absolute Gasteiger partial charge is 0.497 e. The molecular formula is C17H17BrO3. The molecule has 3 rings (SSSR count). The third-order valence-electron chi connectivity index (χ3n) is 3.50. The van der Waals surface area contributed by atoms with Crippen LogP contribution in [0.1, 0.15) is 30.1 Å². The number of hydrogen-bond donors (Lipinski definition) is 1. The Kier molecular flexibility index (Phi) is 4.17. The van der Waals surface area contributed by atoms with Crippen LogP contribution < -0.4 is 9.47 Å². The van der Waals surface area contributed by atoms with E-state index in [0.717, 1.165) is 39.9 Å². The molecule has 0 bridgehead atoms. The van der Waals surface area contributed by atoms with Gasteiger partial charge in [0.1, 0.15) is 17.6 Å². The molecule has 1 unspecified atom stereocenters. The van der Waals surface area contributed by atoms with Crippen molar-refractivity contribution in [2.45, 2.75) is 25.0 Å². The average Bonchev–Trinajstić information content (AvgIpc) is 3.31. The Hall–Kier alpha value is -1.52. The van der Waals surface area contributed by atoms with Crippen LogP contribution in [0.2, 0.25) is 0 Å². The Morgan fingerprint density at radius 3 is 2.67 bits per heavy atom. The van der Waals surface area contributed by atoms with Crippen molar-refractivity contribution in [1.82, 2.24) is 0 Å². The van der Waals surface area contributed by atoms with Crippen LogP contribution in [0.4, 0.5) is 0 Å². The van der Waals surface area contributed by atoms with Crippen molar-refractivity contribution in [3.05, 3.63) is 58.1 Å². The summed E-state index contributed by atoms with van der Waals surface area (Å²) in [6.45, 7) is 0. The molecule has 1 aliphatic carbocycles. The Bertz CT molecular complexity index is 638. The van der Waals surface area contributed by atoms with Crippen LogP contribution in [0.25, 0.3) is 0 Å². The van der Waals surface area contributed by atoms with Gasteiger partial charge in [-0.05, 0) is 48.7 Å². The predicted molar refractivity (Wildman–Crippen MR) is 84.8 cm³/mol. The summed E-state index contributed by atoms with van der Waals surface area (Å²) >= 11 is 3.48. The number of rotatable bonds is 5. The highest BCUT2D eigenvalue weighted by Crippen LogP contribution is 2.34. The van der Waals surface area contributed by atoms with Gasteiger partial charge in [0.15, 0.2) is 0 Å².